The molecule has 0 radical (unpaired) electrons. The van der Waals surface area contributed by atoms with Gasteiger partial charge in [0, 0.05) is 18.9 Å². The monoisotopic (exact) mass is 237 g/mol. The Bertz CT molecular complexity index is 337. The average Bonchev–Trinajstić information content (AvgIpc) is 2.91. The molecule has 1 aromatic rings. The molecule has 0 saturated carbocycles. The van der Waals surface area contributed by atoms with Crippen molar-refractivity contribution >= 4 is 0 Å². The smallest absolute Gasteiger partial charge is 0.105 e. The molecule has 1 aliphatic rings. The minimum Gasteiger partial charge on any atom is -0.372 e. The lowest BCUT2D eigenvalue weighted by Crippen LogP contribution is -2.28. The highest BCUT2D eigenvalue weighted by Gasteiger charge is 2.25. The van der Waals surface area contributed by atoms with Crippen LogP contribution in [0.15, 0.2) is 12.4 Å². The van der Waals surface area contributed by atoms with Crippen molar-refractivity contribution in [1.29, 1.82) is 0 Å². The van der Waals surface area contributed by atoms with Gasteiger partial charge in [-0.1, -0.05) is 6.92 Å². The van der Waals surface area contributed by atoms with Crippen LogP contribution in [-0.2, 0) is 11.3 Å². The van der Waals surface area contributed by atoms with Gasteiger partial charge < -0.3 is 14.6 Å². The van der Waals surface area contributed by atoms with Crippen molar-refractivity contribution in [3.8, 4) is 0 Å². The molecule has 0 spiro atoms. The third kappa shape index (κ3) is 3.54. The fourth-order valence-electron chi connectivity index (χ4n) is 2.32. The molecule has 2 rings (SSSR count). The Morgan fingerprint density at radius 1 is 1.47 bits per heavy atom. The van der Waals surface area contributed by atoms with Crippen LogP contribution in [0.25, 0.3) is 0 Å². The summed E-state index contributed by atoms with van der Waals surface area (Å²) in [6.07, 6.45) is 8.16. The summed E-state index contributed by atoms with van der Waals surface area (Å²) in [4.78, 5) is 4.23. The molecule has 0 aromatic carbocycles. The summed E-state index contributed by atoms with van der Waals surface area (Å²) < 4.78 is 8.20. The molecule has 2 heterocycles. The van der Waals surface area contributed by atoms with Gasteiger partial charge in [-0.2, -0.15) is 0 Å². The largest absolute Gasteiger partial charge is 0.372 e. The van der Waals surface area contributed by atoms with E-state index in [1.54, 1.807) is 0 Å². The van der Waals surface area contributed by atoms with Gasteiger partial charge in [0.25, 0.3) is 0 Å². The van der Waals surface area contributed by atoms with Gasteiger partial charge in [0.1, 0.15) is 5.82 Å². The van der Waals surface area contributed by atoms with Crippen molar-refractivity contribution in [2.45, 2.75) is 51.9 Å². The van der Waals surface area contributed by atoms with E-state index in [4.69, 9.17) is 4.74 Å². The van der Waals surface area contributed by atoms with Gasteiger partial charge in [-0.3, -0.25) is 0 Å². The quantitative estimate of drug-likeness (QED) is 0.766. The normalized spacial score (nSPS) is 24.4. The highest BCUT2D eigenvalue weighted by atomic mass is 16.5. The zero-order valence-corrected chi connectivity index (χ0v) is 10.9. The Labute approximate surface area is 103 Å². The minimum atomic E-state index is 0.358. The number of nitrogens with one attached hydrogen (secondary N) is 1. The zero-order valence-electron chi connectivity index (χ0n) is 10.9. The van der Waals surface area contributed by atoms with Crippen LogP contribution >= 0.6 is 0 Å². The number of rotatable bonds is 6. The minimum absolute atomic E-state index is 0.358. The molecule has 4 nitrogen and oxygen atoms in total. The predicted molar refractivity (Wildman–Crippen MR) is 68.0 cm³/mol. The van der Waals surface area contributed by atoms with E-state index in [2.05, 4.69) is 21.8 Å². The van der Waals surface area contributed by atoms with Crippen LogP contribution in [-0.4, -0.2) is 34.8 Å². The maximum Gasteiger partial charge on any atom is 0.105 e. The number of aromatic nitrogens is 2. The maximum atomic E-state index is 6.03. The fourth-order valence-corrected chi connectivity index (χ4v) is 2.32. The Morgan fingerprint density at radius 2 is 2.29 bits per heavy atom. The van der Waals surface area contributed by atoms with E-state index >= 15 is 0 Å². The standard InChI is InChI=1S/C13H23N3O/c1-3-6-14-9-12-4-5-13(17-12)10-16-8-7-15-11(16)2/h7-8,12-14H,3-6,9-10H2,1-2H3. The Balaban J connectivity index is 1.73. The first-order valence-electron chi connectivity index (χ1n) is 6.63. The molecule has 0 amide bonds. The van der Waals surface area contributed by atoms with Crippen molar-refractivity contribution in [2.75, 3.05) is 13.1 Å². The van der Waals surface area contributed by atoms with E-state index in [1.165, 1.54) is 12.8 Å². The molecular weight excluding hydrogens is 214 g/mol. The number of ether oxygens (including phenoxy) is 1. The van der Waals surface area contributed by atoms with E-state index in [9.17, 15) is 0 Å². The number of hydrogen-bond acceptors (Lipinski definition) is 3. The summed E-state index contributed by atoms with van der Waals surface area (Å²) >= 11 is 0. The zero-order chi connectivity index (χ0) is 12.1. The number of nitrogens with zero attached hydrogens (tertiary/aromatic N) is 2. The summed E-state index contributed by atoms with van der Waals surface area (Å²) in [7, 11) is 0. The molecule has 0 aliphatic carbocycles. The first-order chi connectivity index (χ1) is 8.29. The first-order valence-corrected chi connectivity index (χ1v) is 6.63. The topological polar surface area (TPSA) is 39.1 Å². The Kier molecular flexibility index (Phi) is 4.57. The number of hydrogen-bond donors (Lipinski definition) is 1. The lowest BCUT2D eigenvalue weighted by molar-refractivity contribution is 0.0359. The molecule has 2 unspecified atom stereocenters. The van der Waals surface area contributed by atoms with E-state index < -0.39 is 0 Å². The summed E-state index contributed by atoms with van der Waals surface area (Å²) in [6.45, 7) is 7.25. The number of aryl methyl sites for hydroxylation is 1. The number of imidazole rings is 1. The van der Waals surface area contributed by atoms with Gasteiger partial charge in [-0.25, -0.2) is 4.98 Å². The second kappa shape index (κ2) is 6.17. The molecule has 2 atom stereocenters. The SMILES string of the molecule is CCCNCC1CCC(Cn2ccnc2C)O1. The molecule has 4 heteroatoms. The molecule has 1 N–H and O–H groups in total. The molecule has 1 fully saturated rings. The highest BCUT2D eigenvalue weighted by molar-refractivity contribution is 4.90. The van der Waals surface area contributed by atoms with Gasteiger partial charge in [0.2, 0.25) is 0 Å². The van der Waals surface area contributed by atoms with Crippen LogP contribution in [0.5, 0.6) is 0 Å². The van der Waals surface area contributed by atoms with Crippen LogP contribution in [0.2, 0.25) is 0 Å². The summed E-state index contributed by atoms with van der Waals surface area (Å²) in [6, 6.07) is 0. The van der Waals surface area contributed by atoms with Crippen molar-refractivity contribution in [2.24, 2.45) is 0 Å². The summed E-state index contributed by atoms with van der Waals surface area (Å²) in [5, 5.41) is 3.42. The highest BCUT2D eigenvalue weighted by Crippen LogP contribution is 2.20. The molecular formula is C13H23N3O. The van der Waals surface area contributed by atoms with Crippen LogP contribution in [0.4, 0.5) is 0 Å². The van der Waals surface area contributed by atoms with Gasteiger partial charge in [0.15, 0.2) is 0 Å². The predicted octanol–water partition coefficient (Wildman–Crippen LogP) is 1.74. The van der Waals surface area contributed by atoms with Gasteiger partial charge in [-0.05, 0) is 32.7 Å². The van der Waals surface area contributed by atoms with Crippen LogP contribution in [0.3, 0.4) is 0 Å². The Hall–Kier alpha value is -0.870. The van der Waals surface area contributed by atoms with Crippen molar-refractivity contribution in [1.82, 2.24) is 14.9 Å². The summed E-state index contributed by atoms with van der Waals surface area (Å²) in [5.41, 5.74) is 0. The van der Waals surface area contributed by atoms with Crippen molar-refractivity contribution in [3.05, 3.63) is 18.2 Å². The summed E-state index contributed by atoms with van der Waals surface area (Å²) in [5.74, 6) is 1.07. The van der Waals surface area contributed by atoms with Crippen molar-refractivity contribution < 1.29 is 4.74 Å². The second-order valence-corrected chi connectivity index (χ2v) is 4.79. The fraction of sp³-hybridized carbons (Fsp3) is 0.769. The second-order valence-electron chi connectivity index (χ2n) is 4.79. The first kappa shape index (κ1) is 12.6. The molecule has 1 aromatic heterocycles. The third-order valence-electron chi connectivity index (χ3n) is 3.32. The molecule has 1 saturated heterocycles. The maximum absolute atomic E-state index is 6.03. The van der Waals surface area contributed by atoms with Crippen LogP contribution in [0.1, 0.15) is 32.0 Å². The average molecular weight is 237 g/mol. The Morgan fingerprint density at radius 3 is 3.00 bits per heavy atom. The molecule has 1 aliphatic heterocycles. The van der Waals surface area contributed by atoms with Gasteiger partial charge in [-0.15, -0.1) is 0 Å². The van der Waals surface area contributed by atoms with Crippen LogP contribution < -0.4 is 5.32 Å². The van der Waals surface area contributed by atoms with Gasteiger partial charge >= 0.3 is 0 Å². The molecule has 0 bridgehead atoms. The van der Waals surface area contributed by atoms with E-state index in [-0.39, 0.29) is 0 Å². The van der Waals surface area contributed by atoms with Gasteiger partial charge in [0.05, 0.1) is 18.8 Å². The van der Waals surface area contributed by atoms with E-state index in [1.807, 2.05) is 19.3 Å². The lowest BCUT2D eigenvalue weighted by Gasteiger charge is -2.15. The molecule has 96 valence electrons. The lowest BCUT2D eigenvalue weighted by atomic mass is 10.2. The van der Waals surface area contributed by atoms with E-state index in [0.717, 1.165) is 31.9 Å². The molecule has 17 heavy (non-hydrogen) atoms. The van der Waals surface area contributed by atoms with E-state index in [0.29, 0.717) is 12.2 Å². The van der Waals surface area contributed by atoms with Crippen LogP contribution in [0, 0.1) is 6.92 Å². The van der Waals surface area contributed by atoms with Crippen molar-refractivity contribution in [3.63, 3.8) is 0 Å². The third-order valence-corrected chi connectivity index (χ3v) is 3.32.